The number of rotatable bonds is 5. The van der Waals surface area contributed by atoms with Gasteiger partial charge in [-0.15, -0.1) is 0 Å². The first-order valence-electron chi connectivity index (χ1n) is 6.71. The molecule has 0 aromatic rings. The third-order valence-corrected chi connectivity index (χ3v) is 4.66. The minimum absolute atomic E-state index is 0.179. The van der Waals surface area contributed by atoms with E-state index in [9.17, 15) is 5.11 Å². The van der Waals surface area contributed by atoms with Crippen LogP contribution in [0, 0.1) is 0 Å². The van der Waals surface area contributed by atoms with Crippen LogP contribution in [0.25, 0.3) is 0 Å². The maximum Gasteiger partial charge on any atom is 0.184 e. The van der Waals surface area contributed by atoms with Crippen molar-refractivity contribution in [3.8, 4) is 0 Å². The highest BCUT2D eigenvalue weighted by molar-refractivity contribution is 6.70. The van der Waals surface area contributed by atoms with Crippen molar-refractivity contribution in [3.63, 3.8) is 0 Å². The van der Waals surface area contributed by atoms with Crippen molar-refractivity contribution in [1.29, 1.82) is 0 Å². The smallest absolute Gasteiger partial charge is 0.184 e. The Kier molecular flexibility index (Phi) is 5.77. The molecule has 1 rings (SSSR count). The molecular weight excluding hydrogens is 280 g/mol. The minimum atomic E-state index is -1.80. The van der Waals surface area contributed by atoms with Gasteiger partial charge in [0.15, 0.2) is 22.9 Å². The quantitative estimate of drug-likeness (QED) is 0.785. The second-order valence-corrected chi connectivity index (χ2v) is 15.8. The largest absolute Gasteiger partial charge is 0.410 e. The van der Waals surface area contributed by atoms with E-state index in [1.807, 2.05) is 0 Å². The van der Waals surface area contributed by atoms with E-state index >= 15 is 0 Å². The molecule has 0 aliphatic carbocycles. The van der Waals surface area contributed by atoms with E-state index in [2.05, 4.69) is 39.3 Å². The first kappa shape index (κ1) is 17.3. The first-order valence-corrected chi connectivity index (χ1v) is 13.5. The summed E-state index contributed by atoms with van der Waals surface area (Å²) < 4.78 is 23.0. The summed E-state index contributed by atoms with van der Waals surface area (Å²) >= 11 is 0. The molecule has 1 saturated heterocycles. The summed E-state index contributed by atoms with van der Waals surface area (Å²) in [5.41, 5.74) is 0. The molecule has 1 N–H and O–H groups in total. The second-order valence-electron chi connectivity index (χ2n) is 6.89. The zero-order valence-corrected chi connectivity index (χ0v) is 15.1. The molecule has 7 heteroatoms. The second kappa shape index (κ2) is 6.34. The van der Waals surface area contributed by atoms with E-state index in [1.54, 1.807) is 7.11 Å². The average Bonchev–Trinajstić information content (AvgIpc) is 2.19. The van der Waals surface area contributed by atoms with Crippen molar-refractivity contribution in [3.05, 3.63) is 0 Å². The normalized spacial score (nSPS) is 33.5. The molecule has 0 aromatic carbocycles. The molecule has 1 aliphatic rings. The molecule has 0 aromatic heterocycles. The van der Waals surface area contributed by atoms with Gasteiger partial charge in [0, 0.05) is 7.11 Å². The molecule has 1 fully saturated rings. The number of hydrogen-bond acceptors (Lipinski definition) is 5. The van der Waals surface area contributed by atoms with Gasteiger partial charge in [0.05, 0.1) is 12.7 Å². The van der Waals surface area contributed by atoms with Gasteiger partial charge in [-0.25, -0.2) is 0 Å². The fourth-order valence-corrected chi connectivity index (χ4v) is 4.31. The number of methoxy groups -OCH3 is 1. The summed E-state index contributed by atoms with van der Waals surface area (Å²) in [6.45, 7) is 13.0. The highest BCUT2D eigenvalue weighted by atomic mass is 28.4. The van der Waals surface area contributed by atoms with Gasteiger partial charge >= 0.3 is 0 Å². The summed E-state index contributed by atoms with van der Waals surface area (Å²) in [4.78, 5) is 0. The Morgan fingerprint density at radius 3 is 1.89 bits per heavy atom. The van der Waals surface area contributed by atoms with Crippen LogP contribution in [0.4, 0.5) is 0 Å². The Bertz CT molecular complexity index is 287. The Hall–Kier alpha value is 0.234. The predicted molar refractivity (Wildman–Crippen MR) is 79.2 cm³/mol. The van der Waals surface area contributed by atoms with Crippen molar-refractivity contribution in [1.82, 2.24) is 0 Å². The third-order valence-electron chi connectivity index (χ3n) is 2.67. The number of ether oxygens (including phenoxy) is 2. The molecule has 0 radical (unpaired) electrons. The predicted octanol–water partition coefficient (Wildman–Crippen LogP) is 1.79. The molecule has 0 bridgehead atoms. The van der Waals surface area contributed by atoms with Crippen molar-refractivity contribution >= 4 is 16.6 Å². The zero-order valence-electron chi connectivity index (χ0n) is 13.1. The summed E-state index contributed by atoms with van der Waals surface area (Å²) in [6.07, 6.45) is -1.89. The van der Waals surface area contributed by atoms with Crippen LogP contribution < -0.4 is 0 Å². The van der Waals surface area contributed by atoms with Gasteiger partial charge in [0.25, 0.3) is 0 Å². The summed E-state index contributed by atoms with van der Waals surface area (Å²) in [6, 6.07) is 0. The molecule has 1 heterocycles. The van der Waals surface area contributed by atoms with E-state index < -0.39 is 29.0 Å². The van der Waals surface area contributed by atoms with Gasteiger partial charge in [-0.05, 0) is 39.3 Å². The fraction of sp³-hybridized carbons (Fsp3) is 1.00. The fourth-order valence-electron chi connectivity index (χ4n) is 2.13. The van der Waals surface area contributed by atoms with Crippen molar-refractivity contribution < 1.29 is 23.4 Å². The average molecular weight is 309 g/mol. The molecule has 19 heavy (non-hydrogen) atoms. The van der Waals surface area contributed by atoms with Crippen LogP contribution in [0.1, 0.15) is 0 Å². The molecule has 4 atom stereocenters. The van der Waals surface area contributed by atoms with E-state index in [-0.39, 0.29) is 12.2 Å². The van der Waals surface area contributed by atoms with Crippen LogP contribution in [0.15, 0.2) is 0 Å². The first-order chi connectivity index (χ1) is 8.53. The lowest BCUT2D eigenvalue weighted by Gasteiger charge is -2.43. The van der Waals surface area contributed by atoms with Crippen LogP contribution in [0.2, 0.25) is 39.3 Å². The maximum atomic E-state index is 10.0. The third kappa shape index (κ3) is 5.62. The Morgan fingerprint density at radius 1 is 0.947 bits per heavy atom. The number of aliphatic hydroxyl groups excluding tert-OH is 1. The van der Waals surface area contributed by atoms with Crippen molar-refractivity contribution in [2.75, 3.05) is 13.7 Å². The number of hydrogen-bond donors (Lipinski definition) is 1. The molecule has 5 nitrogen and oxygen atoms in total. The van der Waals surface area contributed by atoms with E-state index in [1.165, 1.54) is 0 Å². The van der Waals surface area contributed by atoms with E-state index in [0.717, 1.165) is 0 Å². The SMILES string of the molecule is CO[C@H]1[C@H](O[Si](C)(C)C)C(O)OC[C@H]1O[Si](C)(C)C. The summed E-state index contributed by atoms with van der Waals surface area (Å²) in [5, 5.41) is 10.0. The highest BCUT2D eigenvalue weighted by Gasteiger charge is 2.44. The maximum absolute atomic E-state index is 10.0. The van der Waals surface area contributed by atoms with Gasteiger partial charge < -0.3 is 23.4 Å². The topological polar surface area (TPSA) is 57.2 Å². The van der Waals surface area contributed by atoms with Gasteiger partial charge in [0.2, 0.25) is 0 Å². The highest BCUT2D eigenvalue weighted by Crippen LogP contribution is 2.26. The molecule has 1 aliphatic heterocycles. The Labute approximate surface area is 118 Å². The van der Waals surface area contributed by atoms with Gasteiger partial charge in [-0.1, -0.05) is 0 Å². The van der Waals surface area contributed by atoms with Crippen LogP contribution >= 0.6 is 0 Å². The summed E-state index contributed by atoms with van der Waals surface area (Å²) in [5.74, 6) is 0. The van der Waals surface area contributed by atoms with Crippen LogP contribution in [0.5, 0.6) is 0 Å². The Morgan fingerprint density at radius 2 is 1.47 bits per heavy atom. The van der Waals surface area contributed by atoms with Crippen LogP contribution in [-0.4, -0.2) is 60.1 Å². The number of aliphatic hydroxyl groups is 1. The van der Waals surface area contributed by atoms with Gasteiger partial charge in [-0.2, -0.15) is 0 Å². The summed E-state index contributed by atoms with van der Waals surface area (Å²) in [7, 11) is -1.87. The van der Waals surface area contributed by atoms with Gasteiger partial charge in [0.1, 0.15) is 12.2 Å². The Balaban J connectivity index is 2.82. The van der Waals surface area contributed by atoms with Gasteiger partial charge in [-0.3, -0.25) is 0 Å². The van der Waals surface area contributed by atoms with E-state index in [4.69, 9.17) is 18.3 Å². The lowest BCUT2D eigenvalue weighted by Crippen LogP contribution is -2.59. The molecule has 1 unspecified atom stereocenters. The van der Waals surface area contributed by atoms with E-state index in [0.29, 0.717) is 6.61 Å². The molecule has 114 valence electrons. The van der Waals surface area contributed by atoms with Crippen molar-refractivity contribution in [2.24, 2.45) is 0 Å². The molecule has 0 amide bonds. The monoisotopic (exact) mass is 308 g/mol. The van der Waals surface area contributed by atoms with Crippen LogP contribution in [0.3, 0.4) is 0 Å². The lowest BCUT2D eigenvalue weighted by molar-refractivity contribution is -0.249. The zero-order chi connectivity index (χ0) is 14.8. The molecular formula is C12H28O5Si2. The van der Waals surface area contributed by atoms with Crippen molar-refractivity contribution in [2.45, 2.75) is 63.9 Å². The standard InChI is InChI=1S/C12H28O5Si2/c1-14-10-9(16-18(2,3)4)8-15-12(13)11(10)17-19(5,6)7/h9-13H,8H2,1-7H3/t9-,10-,11+,12?/m1/s1. The van der Waals surface area contributed by atoms with Crippen LogP contribution in [-0.2, 0) is 18.3 Å². The molecule has 0 spiro atoms. The molecule has 0 saturated carbocycles. The minimum Gasteiger partial charge on any atom is -0.410 e. The lowest BCUT2D eigenvalue weighted by atomic mass is 10.1.